The minimum absolute atomic E-state index is 0.0684. The third kappa shape index (κ3) is 3.28. The van der Waals surface area contributed by atoms with Gasteiger partial charge in [0.1, 0.15) is 6.54 Å². The van der Waals surface area contributed by atoms with E-state index in [0.29, 0.717) is 31.7 Å². The first-order valence-corrected chi connectivity index (χ1v) is 8.01. The number of carbonyl (C=O) groups excluding carboxylic acids is 1. The van der Waals surface area contributed by atoms with Crippen LogP contribution in [0.4, 0.5) is 0 Å². The molecule has 0 aliphatic carbocycles. The molecule has 1 amide bonds. The van der Waals surface area contributed by atoms with Gasteiger partial charge in [-0.2, -0.15) is 0 Å². The summed E-state index contributed by atoms with van der Waals surface area (Å²) >= 11 is 1.50. The van der Waals surface area contributed by atoms with Crippen molar-refractivity contribution in [2.75, 3.05) is 19.8 Å². The van der Waals surface area contributed by atoms with Gasteiger partial charge in [-0.25, -0.2) is 4.98 Å². The summed E-state index contributed by atoms with van der Waals surface area (Å²) in [6.07, 6.45) is 5.18. The molecule has 8 heteroatoms. The Hall–Kier alpha value is -1.93. The zero-order valence-corrected chi connectivity index (χ0v) is 12.8. The third-order valence-electron chi connectivity index (χ3n) is 3.73. The highest BCUT2D eigenvalue weighted by Gasteiger charge is 2.28. The van der Waals surface area contributed by atoms with Gasteiger partial charge in [0.25, 0.3) is 0 Å². The quantitative estimate of drug-likeness (QED) is 0.888. The molecule has 1 fully saturated rings. The van der Waals surface area contributed by atoms with Crippen LogP contribution < -0.4 is 0 Å². The van der Waals surface area contributed by atoms with E-state index in [1.54, 1.807) is 0 Å². The molecule has 3 rings (SSSR count). The molecule has 0 radical (unpaired) electrons. The van der Waals surface area contributed by atoms with Crippen LogP contribution in [0.1, 0.15) is 18.5 Å². The first kappa shape index (κ1) is 15.0. The van der Waals surface area contributed by atoms with Crippen molar-refractivity contribution in [1.82, 2.24) is 14.3 Å². The number of aromatic nitrogens is 2. The Morgan fingerprint density at radius 3 is 2.91 bits per heavy atom. The molecule has 22 heavy (non-hydrogen) atoms. The number of imidazole rings is 1. The van der Waals surface area contributed by atoms with Crippen molar-refractivity contribution >= 4 is 28.2 Å². The van der Waals surface area contributed by atoms with Crippen LogP contribution in [-0.2, 0) is 20.7 Å². The van der Waals surface area contributed by atoms with Gasteiger partial charge in [0, 0.05) is 37.0 Å². The number of amides is 1. The van der Waals surface area contributed by atoms with E-state index < -0.39 is 5.97 Å². The number of thiazole rings is 1. The molecule has 0 atom stereocenters. The van der Waals surface area contributed by atoms with Gasteiger partial charge in [0.05, 0.1) is 12.1 Å². The lowest BCUT2D eigenvalue weighted by Crippen LogP contribution is -2.46. The summed E-state index contributed by atoms with van der Waals surface area (Å²) in [5.74, 6) is -1.19. The van der Waals surface area contributed by atoms with Gasteiger partial charge in [0.2, 0.25) is 5.91 Å². The van der Waals surface area contributed by atoms with Gasteiger partial charge in [-0.1, -0.05) is 0 Å². The fourth-order valence-corrected chi connectivity index (χ4v) is 3.40. The van der Waals surface area contributed by atoms with Crippen LogP contribution >= 0.6 is 11.3 Å². The number of fused-ring (bicyclic) bond motifs is 1. The molecule has 1 saturated heterocycles. The number of hydrogen-bond donors (Lipinski definition) is 1. The maximum absolute atomic E-state index is 12.5. The highest BCUT2D eigenvalue weighted by molar-refractivity contribution is 7.15. The Kier molecular flexibility index (Phi) is 4.39. The largest absolute Gasteiger partial charge is 0.480 e. The monoisotopic (exact) mass is 323 g/mol. The van der Waals surface area contributed by atoms with Crippen LogP contribution in [0.3, 0.4) is 0 Å². The van der Waals surface area contributed by atoms with E-state index >= 15 is 0 Å². The Labute approximate surface area is 131 Å². The predicted octanol–water partition coefficient (Wildman–Crippen LogP) is 1.03. The maximum atomic E-state index is 12.5. The van der Waals surface area contributed by atoms with E-state index in [4.69, 9.17) is 9.84 Å². The first-order chi connectivity index (χ1) is 10.6. The molecule has 1 aliphatic rings. The Morgan fingerprint density at radius 2 is 2.23 bits per heavy atom. The molecule has 3 heterocycles. The number of carboxylic acid groups (broad SMARTS) is 1. The lowest BCUT2D eigenvalue weighted by molar-refractivity contribution is -0.147. The van der Waals surface area contributed by atoms with E-state index in [0.717, 1.165) is 4.96 Å². The number of carbonyl (C=O) groups is 2. The molecule has 1 N–H and O–H groups in total. The molecular formula is C14H17N3O4S. The number of carboxylic acids is 1. The van der Waals surface area contributed by atoms with Crippen LogP contribution in [0.25, 0.3) is 4.96 Å². The van der Waals surface area contributed by atoms with Crippen molar-refractivity contribution in [3.63, 3.8) is 0 Å². The molecule has 0 spiro atoms. The summed E-state index contributed by atoms with van der Waals surface area (Å²) in [7, 11) is 0. The SMILES string of the molecule is O=C(O)CN(C(=O)Cc1cn2ccsc2n1)C1CCOCC1. The minimum Gasteiger partial charge on any atom is -0.480 e. The van der Waals surface area contributed by atoms with Crippen molar-refractivity contribution in [3.05, 3.63) is 23.5 Å². The van der Waals surface area contributed by atoms with Crippen LogP contribution in [0.5, 0.6) is 0 Å². The highest BCUT2D eigenvalue weighted by Crippen LogP contribution is 2.17. The lowest BCUT2D eigenvalue weighted by Gasteiger charge is -2.33. The number of ether oxygens (including phenoxy) is 1. The second kappa shape index (κ2) is 6.45. The second-order valence-electron chi connectivity index (χ2n) is 5.26. The van der Waals surface area contributed by atoms with Crippen LogP contribution in [-0.4, -0.2) is 57.1 Å². The van der Waals surface area contributed by atoms with Crippen molar-refractivity contribution in [1.29, 1.82) is 0 Å². The van der Waals surface area contributed by atoms with E-state index in [1.165, 1.54) is 16.2 Å². The zero-order chi connectivity index (χ0) is 15.5. The van der Waals surface area contributed by atoms with Gasteiger partial charge in [-0.15, -0.1) is 11.3 Å². The van der Waals surface area contributed by atoms with Gasteiger partial charge < -0.3 is 14.7 Å². The number of rotatable bonds is 5. The summed E-state index contributed by atoms with van der Waals surface area (Å²) in [6.45, 7) is 0.855. The lowest BCUT2D eigenvalue weighted by atomic mass is 10.1. The molecule has 2 aromatic heterocycles. The number of hydrogen-bond acceptors (Lipinski definition) is 5. The molecule has 0 bridgehead atoms. The molecule has 7 nitrogen and oxygen atoms in total. The van der Waals surface area contributed by atoms with Gasteiger partial charge in [-0.3, -0.25) is 14.0 Å². The molecule has 0 aromatic carbocycles. The molecule has 118 valence electrons. The van der Waals surface area contributed by atoms with Gasteiger partial charge in [-0.05, 0) is 12.8 Å². The topological polar surface area (TPSA) is 84.1 Å². The van der Waals surface area contributed by atoms with Crippen LogP contribution in [0, 0.1) is 0 Å². The average Bonchev–Trinajstić information content (AvgIpc) is 3.06. The Balaban J connectivity index is 1.72. The van der Waals surface area contributed by atoms with Gasteiger partial charge >= 0.3 is 5.97 Å². The zero-order valence-electron chi connectivity index (χ0n) is 12.0. The third-order valence-corrected chi connectivity index (χ3v) is 4.50. The summed E-state index contributed by atoms with van der Waals surface area (Å²) in [5, 5.41) is 11.0. The predicted molar refractivity (Wildman–Crippen MR) is 80.0 cm³/mol. The Bertz CT molecular complexity index is 646. The molecular weight excluding hydrogens is 306 g/mol. The minimum atomic E-state index is -0.995. The van der Waals surface area contributed by atoms with E-state index in [2.05, 4.69) is 4.98 Å². The first-order valence-electron chi connectivity index (χ1n) is 7.13. The fourth-order valence-electron chi connectivity index (χ4n) is 2.68. The Morgan fingerprint density at radius 1 is 1.45 bits per heavy atom. The average molecular weight is 323 g/mol. The van der Waals surface area contributed by atoms with E-state index in [1.807, 2.05) is 22.2 Å². The van der Waals surface area contributed by atoms with E-state index in [9.17, 15) is 9.59 Å². The van der Waals surface area contributed by atoms with E-state index in [-0.39, 0.29) is 24.9 Å². The molecule has 0 unspecified atom stereocenters. The van der Waals surface area contributed by atoms with Crippen LogP contribution in [0.2, 0.25) is 0 Å². The van der Waals surface area contributed by atoms with Crippen molar-refractivity contribution in [2.45, 2.75) is 25.3 Å². The summed E-state index contributed by atoms with van der Waals surface area (Å²) in [4.78, 5) is 30.3. The number of nitrogens with zero attached hydrogens (tertiary/aromatic N) is 3. The molecule has 2 aromatic rings. The fraction of sp³-hybridized carbons (Fsp3) is 0.500. The van der Waals surface area contributed by atoms with Gasteiger partial charge in [0.15, 0.2) is 4.96 Å². The highest BCUT2D eigenvalue weighted by atomic mass is 32.1. The summed E-state index contributed by atoms with van der Waals surface area (Å²) in [5.41, 5.74) is 0.666. The smallest absolute Gasteiger partial charge is 0.323 e. The van der Waals surface area contributed by atoms with Crippen molar-refractivity contribution in [2.24, 2.45) is 0 Å². The molecule has 1 aliphatic heterocycles. The summed E-state index contributed by atoms with van der Waals surface area (Å²) < 4.78 is 7.15. The maximum Gasteiger partial charge on any atom is 0.323 e. The standard InChI is InChI=1S/C14H17N3O4S/c18-12(7-10-8-16-3-6-22-14(16)15-10)17(9-13(19)20)11-1-4-21-5-2-11/h3,6,8,11H,1-2,4-5,7,9H2,(H,19,20). The molecule has 0 saturated carbocycles. The van der Waals surface area contributed by atoms with Crippen molar-refractivity contribution in [3.8, 4) is 0 Å². The normalized spacial score (nSPS) is 16.0. The number of aliphatic carboxylic acids is 1. The second-order valence-corrected chi connectivity index (χ2v) is 6.13. The summed E-state index contributed by atoms with van der Waals surface area (Å²) in [6, 6.07) is -0.0684. The van der Waals surface area contributed by atoms with Crippen molar-refractivity contribution < 1.29 is 19.4 Å². The van der Waals surface area contributed by atoms with Crippen LogP contribution in [0.15, 0.2) is 17.8 Å².